The van der Waals surface area contributed by atoms with Gasteiger partial charge in [0.05, 0.1) is 6.54 Å². The van der Waals surface area contributed by atoms with Crippen molar-refractivity contribution < 1.29 is 29.0 Å². The van der Waals surface area contributed by atoms with Gasteiger partial charge in [-0.05, 0) is 26.7 Å². The molecule has 1 fully saturated rings. The normalized spacial score (nSPS) is 19.3. The fourth-order valence-corrected chi connectivity index (χ4v) is 2.05. The summed E-state index contributed by atoms with van der Waals surface area (Å²) >= 11 is 0. The third kappa shape index (κ3) is 4.83. The minimum atomic E-state index is -1.29. The highest BCUT2D eigenvalue weighted by molar-refractivity contribution is 6.03. The molecule has 0 radical (unpaired) electrons. The second kappa shape index (κ2) is 6.84. The molecule has 23 heavy (non-hydrogen) atoms. The molecule has 130 valence electrons. The Balaban J connectivity index is 2.92. The second-order valence-electron chi connectivity index (χ2n) is 6.62. The Bertz CT molecular complexity index is 511. The first kappa shape index (κ1) is 18.7. The van der Waals surface area contributed by atoms with E-state index < -0.39 is 41.7 Å². The van der Waals surface area contributed by atoms with Crippen molar-refractivity contribution in [3.05, 3.63) is 0 Å². The van der Waals surface area contributed by atoms with Crippen LogP contribution in [0.5, 0.6) is 0 Å². The molecule has 1 heterocycles. The summed E-state index contributed by atoms with van der Waals surface area (Å²) in [6, 6.07) is -3.16. The SMILES string of the molecule is CC(C)C(NC(=O)OC(C)(C)C)C(=O)N1C(=O)NCC1C(=O)O. The summed E-state index contributed by atoms with van der Waals surface area (Å²) in [6.45, 7) is 8.19. The van der Waals surface area contributed by atoms with Crippen molar-refractivity contribution in [1.29, 1.82) is 0 Å². The van der Waals surface area contributed by atoms with Crippen LogP contribution < -0.4 is 10.6 Å². The molecule has 2 unspecified atom stereocenters. The number of aliphatic carboxylic acids is 1. The van der Waals surface area contributed by atoms with E-state index in [0.29, 0.717) is 4.90 Å². The van der Waals surface area contributed by atoms with Crippen molar-refractivity contribution in [3.63, 3.8) is 0 Å². The monoisotopic (exact) mass is 329 g/mol. The van der Waals surface area contributed by atoms with Crippen LogP contribution in [0.4, 0.5) is 9.59 Å². The number of carbonyl (C=O) groups is 4. The quantitative estimate of drug-likeness (QED) is 0.691. The van der Waals surface area contributed by atoms with E-state index >= 15 is 0 Å². The first-order chi connectivity index (χ1) is 10.4. The molecule has 0 aromatic heterocycles. The van der Waals surface area contributed by atoms with E-state index in [2.05, 4.69) is 10.6 Å². The smallest absolute Gasteiger partial charge is 0.408 e. The van der Waals surface area contributed by atoms with Gasteiger partial charge >= 0.3 is 18.1 Å². The summed E-state index contributed by atoms with van der Waals surface area (Å²) in [5.41, 5.74) is -0.747. The molecule has 1 aliphatic heterocycles. The van der Waals surface area contributed by atoms with Gasteiger partial charge in [0.1, 0.15) is 11.6 Å². The van der Waals surface area contributed by atoms with E-state index in [1.807, 2.05) is 0 Å². The van der Waals surface area contributed by atoms with Crippen molar-refractivity contribution >= 4 is 24.0 Å². The van der Waals surface area contributed by atoms with Crippen molar-refractivity contribution in [2.45, 2.75) is 52.3 Å². The Hall–Kier alpha value is -2.32. The number of alkyl carbamates (subject to hydrolysis) is 1. The summed E-state index contributed by atoms with van der Waals surface area (Å²) in [7, 11) is 0. The van der Waals surface area contributed by atoms with Crippen molar-refractivity contribution in [2.24, 2.45) is 5.92 Å². The van der Waals surface area contributed by atoms with Crippen LogP contribution in [-0.4, -0.2) is 58.2 Å². The number of hydrogen-bond donors (Lipinski definition) is 3. The lowest BCUT2D eigenvalue weighted by atomic mass is 10.0. The molecule has 0 aromatic rings. The van der Waals surface area contributed by atoms with Crippen LogP contribution >= 0.6 is 0 Å². The lowest BCUT2D eigenvalue weighted by molar-refractivity contribution is -0.147. The van der Waals surface area contributed by atoms with E-state index in [4.69, 9.17) is 9.84 Å². The molecule has 0 aliphatic carbocycles. The van der Waals surface area contributed by atoms with Crippen LogP contribution in [0, 0.1) is 5.92 Å². The lowest BCUT2D eigenvalue weighted by Gasteiger charge is -2.28. The first-order valence-corrected chi connectivity index (χ1v) is 7.27. The van der Waals surface area contributed by atoms with E-state index in [9.17, 15) is 19.2 Å². The fraction of sp³-hybridized carbons (Fsp3) is 0.714. The highest BCUT2D eigenvalue weighted by atomic mass is 16.6. The van der Waals surface area contributed by atoms with Gasteiger partial charge in [-0.1, -0.05) is 13.8 Å². The number of urea groups is 1. The fourth-order valence-electron chi connectivity index (χ4n) is 2.05. The van der Waals surface area contributed by atoms with Gasteiger partial charge in [-0.2, -0.15) is 0 Å². The van der Waals surface area contributed by atoms with Crippen molar-refractivity contribution in [3.8, 4) is 0 Å². The summed E-state index contributed by atoms with van der Waals surface area (Å²) < 4.78 is 5.09. The highest BCUT2D eigenvalue weighted by Gasteiger charge is 2.44. The molecule has 0 saturated carbocycles. The van der Waals surface area contributed by atoms with Crippen LogP contribution in [-0.2, 0) is 14.3 Å². The van der Waals surface area contributed by atoms with E-state index in [1.54, 1.807) is 34.6 Å². The average molecular weight is 329 g/mol. The Kier molecular flexibility index (Phi) is 5.57. The standard InChI is InChI=1S/C14H23N3O6/c1-7(2)9(16-13(22)23-14(3,4)5)10(18)17-8(11(19)20)6-15-12(17)21/h7-9H,6H2,1-5H3,(H,15,21)(H,16,22)(H,19,20). The number of carbonyl (C=O) groups excluding carboxylic acids is 3. The number of nitrogens with one attached hydrogen (secondary N) is 2. The van der Waals surface area contributed by atoms with Gasteiger partial charge in [0.2, 0.25) is 0 Å². The molecule has 0 bridgehead atoms. The summed E-state index contributed by atoms with van der Waals surface area (Å²) in [5.74, 6) is -2.44. The van der Waals surface area contributed by atoms with Crippen LogP contribution in [0.2, 0.25) is 0 Å². The number of carboxylic acids is 1. The third-order valence-corrected chi connectivity index (χ3v) is 3.10. The average Bonchev–Trinajstić information content (AvgIpc) is 2.74. The molecule has 0 aromatic carbocycles. The Morgan fingerprint density at radius 3 is 2.35 bits per heavy atom. The van der Waals surface area contributed by atoms with E-state index in [-0.39, 0.29) is 12.5 Å². The summed E-state index contributed by atoms with van der Waals surface area (Å²) in [5, 5.41) is 13.8. The molecular weight excluding hydrogens is 306 g/mol. The Morgan fingerprint density at radius 1 is 1.35 bits per heavy atom. The topological polar surface area (TPSA) is 125 Å². The second-order valence-corrected chi connectivity index (χ2v) is 6.62. The maximum Gasteiger partial charge on any atom is 0.408 e. The Morgan fingerprint density at radius 2 is 1.91 bits per heavy atom. The molecule has 0 spiro atoms. The van der Waals surface area contributed by atoms with E-state index in [0.717, 1.165) is 0 Å². The van der Waals surface area contributed by atoms with Crippen LogP contribution in [0.1, 0.15) is 34.6 Å². The zero-order valence-electron chi connectivity index (χ0n) is 13.9. The van der Waals surface area contributed by atoms with Gasteiger partial charge in [0.15, 0.2) is 6.04 Å². The van der Waals surface area contributed by atoms with Gasteiger partial charge in [-0.15, -0.1) is 0 Å². The minimum absolute atomic E-state index is 0.169. The summed E-state index contributed by atoms with van der Waals surface area (Å²) in [4.78, 5) is 48.0. The number of hydrogen-bond acceptors (Lipinski definition) is 5. The molecule has 9 heteroatoms. The van der Waals surface area contributed by atoms with Gasteiger partial charge in [-0.3, -0.25) is 4.79 Å². The maximum atomic E-state index is 12.5. The number of rotatable bonds is 4. The van der Waals surface area contributed by atoms with Crippen LogP contribution in [0.25, 0.3) is 0 Å². The van der Waals surface area contributed by atoms with Crippen LogP contribution in [0.3, 0.4) is 0 Å². The van der Waals surface area contributed by atoms with E-state index in [1.165, 1.54) is 0 Å². The predicted octanol–water partition coefficient (Wildman–Crippen LogP) is 0.541. The lowest BCUT2D eigenvalue weighted by Crippen LogP contribution is -2.55. The molecule has 3 N–H and O–H groups in total. The van der Waals surface area contributed by atoms with Gasteiger partial charge in [-0.25, -0.2) is 19.3 Å². The zero-order chi connectivity index (χ0) is 17.9. The Labute approximate surface area is 134 Å². The molecule has 1 aliphatic rings. The van der Waals surface area contributed by atoms with Crippen LogP contribution in [0.15, 0.2) is 0 Å². The van der Waals surface area contributed by atoms with Crippen molar-refractivity contribution in [1.82, 2.24) is 15.5 Å². The predicted molar refractivity (Wildman–Crippen MR) is 79.7 cm³/mol. The largest absolute Gasteiger partial charge is 0.480 e. The van der Waals surface area contributed by atoms with Gasteiger partial charge < -0.3 is 20.5 Å². The molecule has 1 saturated heterocycles. The van der Waals surface area contributed by atoms with Crippen molar-refractivity contribution in [2.75, 3.05) is 6.54 Å². The summed E-state index contributed by atoms with van der Waals surface area (Å²) in [6.07, 6.45) is -0.809. The molecule has 1 rings (SSSR count). The number of carboxylic acid groups (broad SMARTS) is 1. The molecule has 2 atom stereocenters. The van der Waals surface area contributed by atoms with Gasteiger partial charge in [0, 0.05) is 0 Å². The number of nitrogens with zero attached hydrogens (tertiary/aromatic N) is 1. The molecular formula is C14H23N3O6. The zero-order valence-corrected chi connectivity index (χ0v) is 13.9. The number of imide groups is 1. The highest BCUT2D eigenvalue weighted by Crippen LogP contribution is 2.15. The minimum Gasteiger partial charge on any atom is -0.480 e. The number of amides is 4. The molecule has 9 nitrogen and oxygen atoms in total. The number of ether oxygens (including phenoxy) is 1. The van der Waals surface area contributed by atoms with Gasteiger partial charge in [0.25, 0.3) is 5.91 Å². The maximum absolute atomic E-state index is 12.5. The third-order valence-electron chi connectivity index (χ3n) is 3.10. The first-order valence-electron chi connectivity index (χ1n) is 7.27. The molecule has 4 amide bonds.